The number of hydrogen-bond acceptors (Lipinski definition) is 4. The molecule has 0 aliphatic heterocycles. The minimum Gasteiger partial charge on any atom is -0.467 e. The molecule has 2 atom stereocenters. The number of nitrogens with one attached hydrogen (secondary N) is 2. The van der Waals surface area contributed by atoms with Crippen LogP contribution in [0.3, 0.4) is 0 Å². The lowest BCUT2D eigenvalue weighted by molar-refractivity contribution is -0.174. The average molecular weight is 332 g/mol. The highest BCUT2D eigenvalue weighted by Gasteiger charge is 2.41. The second-order valence-electron chi connectivity index (χ2n) is 4.57. The van der Waals surface area contributed by atoms with Crippen LogP contribution in [-0.4, -0.2) is 37.1 Å². The van der Waals surface area contributed by atoms with E-state index < -0.39 is 36.0 Å². The number of amides is 2. The Morgan fingerprint density at radius 1 is 1.09 bits per heavy atom. The molecule has 0 aliphatic carbocycles. The number of hydrogen-bond donors (Lipinski definition) is 2. The summed E-state index contributed by atoms with van der Waals surface area (Å²) in [6.07, 6.45) is -5.14. The summed E-state index contributed by atoms with van der Waals surface area (Å²) >= 11 is 0. The lowest BCUT2D eigenvalue weighted by Gasteiger charge is -2.21. The van der Waals surface area contributed by atoms with E-state index in [0.717, 1.165) is 7.11 Å². The van der Waals surface area contributed by atoms with Gasteiger partial charge in [-0.2, -0.15) is 13.2 Å². The van der Waals surface area contributed by atoms with Crippen molar-refractivity contribution >= 4 is 17.8 Å². The van der Waals surface area contributed by atoms with Crippen LogP contribution in [0.1, 0.15) is 18.5 Å². The highest BCUT2D eigenvalue weighted by molar-refractivity contribution is 5.92. The van der Waals surface area contributed by atoms with Crippen molar-refractivity contribution < 1.29 is 32.3 Å². The first-order valence-electron chi connectivity index (χ1n) is 6.47. The van der Waals surface area contributed by atoms with Crippen LogP contribution < -0.4 is 10.6 Å². The number of benzene rings is 1. The maximum atomic E-state index is 12.4. The van der Waals surface area contributed by atoms with Crippen LogP contribution in [0, 0.1) is 0 Å². The standard InChI is InChI=1S/C14H15F3N2O4/c1-8(12(21)23-2)18-11(20)10(9-6-4-3-5-7-9)19-13(22)14(15,16)17/h3-8,10H,1-2H3,(H,18,20)(H,19,22)/t8-,10+/m1/s1. The van der Waals surface area contributed by atoms with E-state index in [9.17, 15) is 27.6 Å². The fourth-order valence-electron chi connectivity index (χ4n) is 1.69. The van der Waals surface area contributed by atoms with E-state index in [1.54, 1.807) is 11.4 Å². The Kier molecular flexibility index (Phi) is 6.11. The molecule has 6 nitrogen and oxygen atoms in total. The lowest BCUT2D eigenvalue weighted by atomic mass is 10.1. The van der Waals surface area contributed by atoms with Gasteiger partial charge in [-0.3, -0.25) is 9.59 Å². The van der Waals surface area contributed by atoms with E-state index in [0.29, 0.717) is 0 Å². The first kappa shape index (κ1) is 18.5. The molecule has 0 radical (unpaired) electrons. The zero-order chi connectivity index (χ0) is 17.6. The molecule has 126 valence electrons. The van der Waals surface area contributed by atoms with Crippen molar-refractivity contribution in [3.8, 4) is 0 Å². The molecule has 2 amide bonds. The molecule has 1 aromatic rings. The summed E-state index contributed by atoms with van der Waals surface area (Å²) in [7, 11) is 1.10. The molecule has 0 unspecified atom stereocenters. The molecule has 0 aromatic heterocycles. The zero-order valence-electron chi connectivity index (χ0n) is 12.3. The molecule has 0 fully saturated rings. The van der Waals surface area contributed by atoms with Gasteiger partial charge in [0.2, 0.25) is 5.91 Å². The monoisotopic (exact) mass is 332 g/mol. The van der Waals surface area contributed by atoms with Crippen LogP contribution in [0.5, 0.6) is 0 Å². The summed E-state index contributed by atoms with van der Waals surface area (Å²) in [6.45, 7) is 1.30. The fourth-order valence-corrected chi connectivity index (χ4v) is 1.69. The van der Waals surface area contributed by atoms with Gasteiger partial charge in [0, 0.05) is 0 Å². The van der Waals surface area contributed by atoms with Gasteiger partial charge in [0.1, 0.15) is 12.1 Å². The van der Waals surface area contributed by atoms with Crippen LogP contribution in [0.25, 0.3) is 0 Å². The van der Waals surface area contributed by atoms with Crippen molar-refractivity contribution in [2.75, 3.05) is 7.11 Å². The Labute approximate surface area is 130 Å². The molecule has 2 N–H and O–H groups in total. The van der Waals surface area contributed by atoms with Crippen LogP contribution in [0.2, 0.25) is 0 Å². The van der Waals surface area contributed by atoms with E-state index in [2.05, 4.69) is 10.1 Å². The van der Waals surface area contributed by atoms with Crippen molar-refractivity contribution in [2.45, 2.75) is 25.2 Å². The van der Waals surface area contributed by atoms with Crippen LogP contribution >= 0.6 is 0 Å². The van der Waals surface area contributed by atoms with Crippen molar-refractivity contribution in [3.63, 3.8) is 0 Å². The molecular formula is C14H15F3N2O4. The number of carbonyl (C=O) groups is 3. The number of ether oxygens (including phenoxy) is 1. The summed E-state index contributed by atoms with van der Waals surface area (Å²) in [5.41, 5.74) is 0.139. The van der Waals surface area contributed by atoms with Crippen molar-refractivity contribution in [1.29, 1.82) is 0 Å². The third-order valence-electron chi connectivity index (χ3n) is 2.84. The molecule has 0 saturated heterocycles. The highest BCUT2D eigenvalue weighted by Crippen LogP contribution is 2.19. The lowest BCUT2D eigenvalue weighted by Crippen LogP contribution is -2.48. The van der Waals surface area contributed by atoms with Gasteiger partial charge in [-0.25, -0.2) is 4.79 Å². The van der Waals surface area contributed by atoms with Gasteiger partial charge in [-0.05, 0) is 12.5 Å². The predicted molar refractivity (Wildman–Crippen MR) is 73.0 cm³/mol. The van der Waals surface area contributed by atoms with Gasteiger partial charge in [0.05, 0.1) is 7.11 Å². The summed E-state index contributed by atoms with van der Waals surface area (Å²) in [6, 6.07) is 4.67. The van der Waals surface area contributed by atoms with Gasteiger partial charge >= 0.3 is 18.1 Å². The van der Waals surface area contributed by atoms with Gasteiger partial charge in [0.15, 0.2) is 0 Å². The van der Waals surface area contributed by atoms with Crippen LogP contribution in [-0.2, 0) is 19.1 Å². The number of rotatable bonds is 5. The van der Waals surface area contributed by atoms with Gasteiger partial charge < -0.3 is 15.4 Å². The Hall–Kier alpha value is -2.58. The Balaban J connectivity index is 2.98. The Bertz CT molecular complexity index is 575. The second-order valence-corrected chi connectivity index (χ2v) is 4.57. The van der Waals surface area contributed by atoms with Gasteiger partial charge in [0.25, 0.3) is 0 Å². The van der Waals surface area contributed by atoms with Crippen molar-refractivity contribution in [1.82, 2.24) is 10.6 Å². The molecule has 9 heteroatoms. The zero-order valence-corrected chi connectivity index (χ0v) is 12.3. The largest absolute Gasteiger partial charge is 0.471 e. The van der Waals surface area contributed by atoms with Crippen molar-refractivity contribution in [2.24, 2.45) is 0 Å². The fraction of sp³-hybridized carbons (Fsp3) is 0.357. The summed E-state index contributed by atoms with van der Waals surface area (Å²) in [5, 5.41) is 3.80. The van der Waals surface area contributed by atoms with E-state index in [4.69, 9.17) is 0 Å². The average Bonchev–Trinajstić information content (AvgIpc) is 2.51. The predicted octanol–water partition coefficient (Wildman–Crippen LogP) is 1.08. The van der Waals surface area contributed by atoms with E-state index >= 15 is 0 Å². The van der Waals surface area contributed by atoms with Crippen LogP contribution in [0.15, 0.2) is 30.3 Å². The quantitative estimate of drug-likeness (QED) is 0.791. The van der Waals surface area contributed by atoms with Gasteiger partial charge in [-0.15, -0.1) is 0 Å². The van der Waals surface area contributed by atoms with Crippen LogP contribution in [0.4, 0.5) is 13.2 Å². The third kappa shape index (κ3) is 5.28. The third-order valence-corrected chi connectivity index (χ3v) is 2.84. The number of methoxy groups -OCH3 is 1. The highest BCUT2D eigenvalue weighted by atomic mass is 19.4. The van der Waals surface area contributed by atoms with E-state index in [1.165, 1.54) is 31.2 Å². The number of halogens is 3. The molecule has 0 saturated carbocycles. The Morgan fingerprint density at radius 2 is 1.65 bits per heavy atom. The Morgan fingerprint density at radius 3 is 2.13 bits per heavy atom. The maximum Gasteiger partial charge on any atom is 0.471 e. The molecule has 1 rings (SSSR count). The van der Waals surface area contributed by atoms with E-state index in [-0.39, 0.29) is 5.56 Å². The summed E-state index contributed by atoms with van der Waals surface area (Å²) < 4.78 is 41.7. The summed E-state index contributed by atoms with van der Waals surface area (Å²) in [5.74, 6) is -3.99. The van der Waals surface area contributed by atoms with E-state index in [1.807, 2.05) is 0 Å². The molecule has 0 spiro atoms. The number of carbonyl (C=O) groups excluding carboxylic acids is 3. The SMILES string of the molecule is COC(=O)[C@@H](C)NC(=O)[C@@H](NC(=O)C(F)(F)F)c1ccccc1. The second kappa shape index (κ2) is 7.61. The molecular weight excluding hydrogens is 317 g/mol. The summed E-state index contributed by atoms with van der Waals surface area (Å²) in [4.78, 5) is 34.5. The van der Waals surface area contributed by atoms with Crippen molar-refractivity contribution in [3.05, 3.63) is 35.9 Å². The molecule has 0 heterocycles. The maximum absolute atomic E-state index is 12.4. The normalized spacial score (nSPS) is 13.6. The minimum absolute atomic E-state index is 0.139. The number of alkyl halides is 3. The smallest absolute Gasteiger partial charge is 0.467 e. The molecule has 0 aliphatic rings. The first-order chi connectivity index (χ1) is 10.7. The molecule has 1 aromatic carbocycles. The van der Waals surface area contributed by atoms with Gasteiger partial charge in [-0.1, -0.05) is 30.3 Å². The molecule has 0 bridgehead atoms. The molecule has 23 heavy (non-hydrogen) atoms. The number of esters is 1. The minimum atomic E-state index is -5.14. The topological polar surface area (TPSA) is 84.5 Å². The first-order valence-corrected chi connectivity index (χ1v) is 6.47.